The maximum absolute atomic E-state index is 15.0. The van der Waals surface area contributed by atoms with E-state index in [9.17, 15) is 17.2 Å². The molecule has 0 radical (unpaired) electrons. The zero-order chi connectivity index (χ0) is 22.2. The molecule has 2 aromatic carbocycles. The number of hydrogen-bond acceptors (Lipinski definition) is 5. The number of aryl methyl sites for hydroxylation is 1. The second-order valence-corrected chi connectivity index (χ2v) is 9.47. The molecule has 1 fully saturated rings. The number of ether oxygens (including phenoxy) is 1. The third-order valence-electron chi connectivity index (χ3n) is 5.32. The van der Waals surface area contributed by atoms with Crippen LogP contribution in [0, 0.1) is 12.7 Å². The molecule has 1 saturated heterocycles. The molecule has 172 valence electrons. The molecule has 1 aliphatic heterocycles. The highest BCUT2D eigenvalue weighted by atomic mass is 35.5. The molecule has 1 aromatic heterocycles. The van der Waals surface area contributed by atoms with Gasteiger partial charge in [0.15, 0.2) is 0 Å². The minimum atomic E-state index is -3.94. The van der Waals surface area contributed by atoms with Gasteiger partial charge < -0.3 is 10.5 Å². The third-order valence-corrected chi connectivity index (χ3v) is 7.18. The topological polar surface area (TPSA) is 85.5 Å². The Hall–Kier alpha value is -2.33. The number of hydrogen-bond donors (Lipinski definition) is 1. The van der Waals surface area contributed by atoms with Crippen LogP contribution in [-0.4, -0.2) is 50.1 Å². The molecular weight excluding hydrogens is 460 g/mol. The van der Waals surface area contributed by atoms with Gasteiger partial charge in [0, 0.05) is 36.7 Å². The van der Waals surface area contributed by atoms with E-state index in [0.29, 0.717) is 30.1 Å². The molecule has 0 saturated carbocycles. The fraction of sp³-hybridized carbons (Fsp3) is 0.318. The summed E-state index contributed by atoms with van der Waals surface area (Å²) in [4.78, 5) is 4.36. The SMILES string of the molecule is Cc1cc(-c2ccc(S(=O)(=O)N3CC[C@H](F)C3)cc2F)nc2cc(OCCN)ccc12.Cl. The largest absolute Gasteiger partial charge is 0.492 e. The quantitative estimate of drug-likeness (QED) is 0.575. The van der Waals surface area contributed by atoms with E-state index < -0.39 is 22.0 Å². The highest BCUT2D eigenvalue weighted by Gasteiger charge is 2.33. The van der Waals surface area contributed by atoms with Crippen molar-refractivity contribution in [3.63, 3.8) is 0 Å². The monoisotopic (exact) mass is 483 g/mol. The molecule has 0 amide bonds. The molecule has 0 spiro atoms. The predicted octanol–water partition coefficient (Wildman–Crippen LogP) is 3.84. The number of halogens is 3. The Balaban J connectivity index is 0.00000289. The van der Waals surface area contributed by atoms with Gasteiger partial charge in [0.05, 0.1) is 16.1 Å². The Morgan fingerprint density at radius 2 is 2.00 bits per heavy atom. The smallest absolute Gasteiger partial charge is 0.243 e. The number of pyridine rings is 1. The Labute approximate surface area is 191 Å². The van der Waals surface area contributed by atoms with E-state index in [0.717, 1.165) is 21.3 Å². The zero-order valence-corrected chi connectivity index (χ0v) is 19.1. The lowest BCUT2D eigenvalue weighted by molar-refractivity contribution is 0.328. The van der Waals surface area contributed by atoms with Gasteiger partial charge in [-0.3, -0.25) is 0 Å². The second kappa shape index (κ2) is 9.66. The maximum atomic E-state index is 15.0. The van der Waals surface area contributed by atoms with Crippen LogP contribution in [0.4, 0.5) is 8.78 Å². The van der Waals surface area contributed by atoms with Gasteiger partial charge in [0.1, 0.15) is 24.3 Å². The van der Waals surface area contributed by atoms with Crippen molar-refractivity contribution in [1.82, 2.24) is 9.29 Å². The standard InChI is InChI=1S/C22H23F2N3O3S.ClH/c1-14-10-21(26-22-11-16(30-9-7-25)2-4-18(14)22)19-5-3-17(12-20(19)24)31(28,29)27-8-6-15(23)13-27;/h2-5,10-12,15H,6-9,13,25H2,1H3;1H/t15-;/m0./s1. The van der Waals surface area contributed by atoms with E-state index in [4.69, 9.17) is 10.5 Å². The molecule has 2 N–H and O–H groups in total. The Morgan fingerprint density at radius 3 is 2.66 bits per heavy atom. The van der Waals surface area contributed by atoms with Crippen molar-refractivity contribution >= 4 is 33.3 Å². The fourth-order valence-electron chi connectivity index (χ4n) is 3.71. The Bertz CT molecular complexity index is 1240. The number of aromatic nitrogens is 1. The summed E-state index contributed by atoms with van der Waals surface area (Å²) >= 11 is 0. The summed E-state index contributed by atoms with van der Waals surface area (Å²) < 4.78 is 60.4. The van der Waals surface area contributed by atoms with E-state index in [1.54, 1.807) is 12.1 Å². The van der Waals surface area contributed by atoms with Crippen LogP contribution in [0.25, 0.3) is 22.2 Å². The van der Waals surface area contributed by atoms with E-state index in [-0.39, 0.29) is 42.4 Å². The molecule has 0 unspecified atom stereocenters. The number of nitrogens with two attached hydrogens (primary N) is 1. The average Bonchev–Trinajstić information content (AvgIpc) is 3.19. The molecule has 32 heavy (non-hydrogen) atoms. The number of nitrogens with zero attached hydrogens (tertiary/aromatic N) is 2. The molecule has 4 rings (SSSR count). The first kappa shape index (κ1) is 24.3. The molecule has 2 heterocycles. The lowest BCUT2D eigenvalue weighted by Crippen LogP contribution is -2.29. The highest BCUT2D eigenvalue weighted by Crippen LogP contribution is 2.31. The Kier molecular flexibility index (Phi) is 7.34. The molecule has 1 atom stereocenters. The van der Waals surface area contributed by atoms with Crippen molar-refractivity contribution in [1.29, 1.82) is 0 Å². The number of alkyl halides is 1. The van der Waals surface area contributed by atoms with Crippen molar-refractivity contribution in [2.45, 2.75) is 24.4 Å². The third kappa shape index (κ3) is 4.71. The van der Waals surface area contributed by atoms with Gasteiger partial charge in [-0.2, -0.15) is 4.31 Å². The number of sulfonamides is 1. The van der Waals surface area contributed by atoms with E-state index >= 15 is 0 Å². The zero-order valence-electron chi connectivity index (χ0n) is 17.4. The van der Waals surface area contributed by atoms with Crippen molar-refractivity contribution in [2.75, 3.05) is 26.2 Å². The summed E-state index contributed by atoms with van der Waals surface area (Å²) in [7, 11) is -3.94. The van der Waals surface area contributed by atoms with Crippen molar-refractivity contribution < 1.29 is 21.9 Å². The molecule has 0 aliphatic carbocycles. The lowest BCUT2D eigenvalue weighted by Gasteiger charge is -2.16. The van der Waals surface area contributed by atoms with E-state index in [1.165, 1.54) is 12.1 Å². The van der Waals surface area contributed by atoms with Crippen molar-refractivity contribution in [3.8, 4) is 17.0 Å². The predicted molar refractivity (Wildman–Crippen MR) is 122 cm³/mol. The maximum Gasteiger partial charge on any atom is 0.243 e. The van der Waals surface area contributed by atoms with Crippen LogP contribution in [0.5, 0.6) is 5.75 Å². The second-order valence-electron chi connectivity index (χ2n) is 7.53. The molecule has 10 heteroatoms. The van der Waals surface area contributed by atoms with Crippen LogP contribution in [0.2, 0.25) is 0 Å². The summed E-state index contributed by atoms with van der Waals surface area (Å²) in [5.74, 6) is -0.0976. The molecule has 0 bridgehead atoms. The first-order chi connectivity index (χ1) is 14.8. The van der Waals surface area contributed by atoms with Gasteiger partial charge in [-0.25, -0.2) is 22.2 Å². The summed E-state index contributed by atoms with van der Waals surface area (Å²) in [6, 6.07) is 10.9. The summed E-state index contributed by atoms with van der Waals surface area (Å²) in [6.45, 7) is 2.54. The summed E-state index contributed by atoms with van der Waals surface area (Å²) in [5, 5.41) is 0.901. The molecular formula is C22H24ClF2N3O3S. The molecule has 3 aromatic rings. The summed E-state index contributed by atoms with van der Waals surface area (Å²) in [5.41, 5.74) is 7.56. The van der Waals surface area contributed by atoms with Gasteiger partial charge in [0.2, 0.25) is 10.0 Å². The fourth-order valence-corrected chi connectivity index (χ4v) is 5.20. The van der Waals surface area contributed by atoms with E-state index in [1.807, 2.05) is 19.1 Å². The highest BCUT2D eigenvalue weighted by molar-refractivity contribution is 7.89. The van der Waals surface area contributed by atoms with Gasteiger partial charge in [-0.1, -0.05) is 0 Å². The first-order valence-electron chi connectivity index (χ1n) is 9.98. The first-order valence-corrected chi connectivity index (χ1v) is 11.4. The number of benzene rings is 2. The van der Waals surface area contributed by atoms with Crippen LogP contribution in [0.3, 0.4) is 0 Å². The van der Waals surface area contributed by atoms with E-state index in [2.05, 4.69) is 4.98 Å². The van der Waals surface area contributed by atoms with Crippen LogP contribution >= 0.6 is 12.4 Å². The van der Waals surface area contributed by atoms with Crippen LogP contribution < -0.4 is 10.5 Å². The average molecular weight is 484 g/mol. The van der Waals surface area contributed by atoms with Gasteiger partial charge in [-0.15, -0.1) is 12.4 Å². The number of rotatable bonds is 6. The van der Waals surface area contributed by atoms with Crippen molar-refractivity contribution in [2.24, 2.45) is 5.73 Å². The van der Waals surface area contributed by atoms with Gasteiger partial charge >= 0.3 is 0 Å². The minimum absolute atomic E-state index is 0. The van der Waals surface area contributed by atoms with Crippen LogP contribution in [0.1, 0.15) is 12.0 Å². The summed E-state index contributed by atoms with van der Waals surface area (Å²) in [6.07, 6.45) is -1.04. The number of fused-ring (bicyclic) bond motifs is 1. The van der Waals surface area contributed by atoms with Gasteiger partial charge in [0.25, 0.3) is 0 Å². The van der Waals surface area contributed by atoms with Crippen LogP contribution in [0.15, 0.2) is 47.4 Å². The Morgan fingerprint density at radius 1 is 1.22 bits per heavy atom. The van der Waals surface area contributed by atoms with Crippen LogP contribution in [-0.2, 0) is 10.0 Å². The van der Waals surface area contributed by atoms with Crippen molar-refractivity contribution in [3.05, 3.63) is 53.8 Å². The van der Waals surface area contributed by atoms with Gasteiger partial charge in [-0.05, 0) is 55.3 Å². The lowest BCUT2D eigenvalue weighted by atomic mass is 10.0. The minimum Gasteiger partial charge on any atom is -0.492 e. The normalized spacial score (nSPS) is 16.8. The molecule has 1 aliphatic rings. The molecule has 6 nitrogen and oxygen atoms in total.